The lowest BCUT2D eigenvalue weighted by molar-refractivity contribution is 0.0996. The number of nitrogens with zero attached hydrogens (tertiary/aromatic N) is 2. The Hall–Kier alpha value is -2.54. The average Bonchev–Trinajstić information content (AvgIpc) is 2.73. The molecule has 0 aliphatic heterocycles. The van der Waals surface area contributed by atoms with Crippen molar-refractivity contribution in [3.63, 3.8) is 0 Å². The zero-order valence-electron chi connectivity index (χ0n) is 9.63. The Morgan fingerprint density at radius 2 is 1.84 bits per heavy atom. The number of rotatable bonds is 3. The maximum Gasteiger partial charge on any atom is 0.316 e. The normalized spacial score (nSPS) is 10.2. The predicted molar refractivity (Wildman–Crippen MR) is 70.3 cm³/mol. The zero-order valence-corrected chi connectivity index (χ0v) is 10.4. The minimum Gasteiger partial charge on any atom is -0.364 e. The number of hydrogen-bond acceptors (Lipinski definition) is 3. The van der Waals surface area contributed by atoms with E-state index in [1.165, 1.54) is 10.9 Å². The second-order valence-corrected chi connectivity index (χ2v) is 4.10. The molecule has 0 saturated heterocycles. The molecule has 0 bridgehead atoms. The molecular weight excluding hydrogens is 270 g/mol. The first kappa shape index (κ1) is 12.9. The molecule has 0 saturated carbocycles. The molecule has 0 spiro atoms. The van der Waals surface area contributed by atoms with Gasteiger partial charge < -0.3 is 16.8 Å². The van der Waals surface area contributed by atoms with Crippen LogP contribution in [-0.4, -0.2) is 21.7 Å². The van der Waals surface area contributed by atoms with Gasteiger partial charge in [0.2, 0.25) is 0 Å². The van der Waals surface area contributed by atoms with E-state index in [2.05, 4.69) is 10.4 Å². The third kappa shape index (κ3) is 2.83. The molecule has 0 atom stereocenters. The van der Waals surface area contributed by atoms with E-state index < -0.39 is 11.9 Å². The summed E-state index contributed by atoms with van der Waals surface area (Å²) >= 11 is 5.78. The molecule has 19 heavy (non-hydrogen) atoms. The summed E-state index contributed by atoms with van der Waals surface area (Å²) in [6.45, 7) is 0. The van der Waals surface area contributed by atoms with Gasteiger partial charge in [0.1, 0.15) is 0 Å². The lowest BCUT2D eigenvalue weighted by atomic mass is 10.3. The number of primary amides is 2. The molecule has 8 heteroatoms. The molecule has 2 aromatic rings. The number of aromatic nitrogens is 2. The van der Waals surface area contributed by atoms with E-state index in [0.717, 1.165) is 0 Å². The van der Waals surface area contributed by atoms with Crippen LogP contribution in [0.25, 0.3) is 5.69 Å². The van der Waals surface area contributed by atoms with Gasteiger partial charge in [0, 0.05) is 5.02 Å². The third-order valence-corrected chi connectivity index (χ3v) is 2.55. The van der Waals surface area contributed by atoms with Crippen LogP contribution in [0.5, 0.6) is 0 Å². The van der Waals surface area contributed by atoms with Crippen molar-refractivity contribution in [1.29, 1.82) is 0 Å². The van der Waals surface area contributed by atoms with Crippen molar-refractivity contribution < 1.29 is 9.59 Å². The SMILES string of the molecule is NC(=O)Nc1cn(-c2ccc(Cl)cc2)nc1C(N)=O. The average molecular weight is 280 g/mol. The van der Waals surface area contributed by atoms with Gasteiger partial charge in [0.25, 0.3) is 5.91 Å². The topological polar surface area (TPSA) is 116 Å². The Bertz CT molecular complexity index is 635. The highest BCUT2D eigenvalue weighted by atomic mass is 35.5. The van der Waals surface area contributed by atoms with Crippen LogP contribution in [0.2, 0.25) is 5.02 Å². The Morgan fingerprint density at radius 3 is 2.37 bits per heavy atom. The van der Waals surface area contributed by atoms with Crippen LogP contribution in [-0.2, 0) is 0 Å². The summed E-state index contributed by atoms with van der Waals surface area (Å²) < 4.78 is 1.39. The lowest BCUT2D eigenvalue weighted by Crippen LogP contribution is -2.22. The summed E-state index contributed by atoms with van der Waals surface area (Å²) in [4.78, 5) is 22.1. The Balaban J connectivity index is 2.45. The standard InChI is InChI=1S/C11H10ClN5O2/c12-6-1-3-7(4-2-6)17-5-8(15-11(14)19)9(16-17)10(13)18/h1-5H,(H2,13,18)(H3,14,15,19). The van der Waals surface area contributed by atoms with Crippen molar-refractivity contribution in [2.24, 2.45) is 11.5 Å². The number of amides is 3. The third-order valence-electron chi connectivity index (χ3n) is 2.30. The van der Waals surface area contributed by atoms with Gasteiger partial charge in [-0.3, -0.25) is 4.79 Å². The Morgan fingerprint density at radius 1 is 1.21 bits per heavy atom. The first-order valence-electron chi connectivity index (χ1n) is 5.19. The van der Waals surface area contributed by atoms with E-state index in [4.69, 9.17) is 23.1 Å². The summed E-state index contributed by atoms with van der Waals surface area (Å²) in [6.07, 6.45) is 1.44. The van der Waals surface area contributed by atoms with Crippen molar-refractivity contribution in [2.75, 3.05) is 5.32 Å². The van der Waals surface area contributed by atoms with Gasteiger partial charge in [-0.25, -0.2) is 9.48 Å². The summed E-state index contributed by atoms with van der Waals surface area (Å²) in [5.74, 6) is -0.767. The van der Waals surface area contributed by atoms with Gasteiger partial charge in [-0.15, -0.1) is 0 Å². The second kappa shape index (κ2) is 4.99. The fourth-order valence-electron chi connectivity index (χ4n) is 1.51. The van der Waals surface area contributed by atoms with Crippen molar-refractivity contribution in [3.8, 4) is 5.69 Å². The summed E-state index contributed by atoms with van der Waals surface area (Å²) in [5.41, 5.74) is 10.9. The van der Waals surface area contributed by atoms with Crippen LogP contribution in [0.1, 0.15) is 10.5 Å². The molecule has 0 radical (unpaired) electrons. The minimum atomic E-state index is -0.807. The van der Waals surface area contributed by atoms with Crippen LogP contribution in [0, 0.1) is 0 Å². The monoisotopic (exact) mass is 279 g/mol. The number of nitrogens with two attached hydrogens (primary N) is 2. The molecule has 1 aromatic carbocycles. The molecule has 0 unspecified atom stereocenters. The van der Waals surface area contributed by atoms with E-state index in [1.807, 2.05) is 0 Å². The molecule has 3 amide bonds. The molecule has 7 nitrogen and oxygen atoms in total. The lowest BCUT2D eigenvalue weighted by Gasteiger charge is -2.00. The number of nitrogens with one attached hydrogen (secondary N) is 1. The predicted octanol–water partition coefficient (Wildman–Crippen LogP) is 1.12. The van der Waals surface area contributed by atoms with E-state index in [0.29, 0.717) is 10.7 Å². The van der Waals surface area contributed by atoms with Gasteiger partial charge in [0.05, 0.1) is 17.6 Å². The molecule has 0 fully saturated rings. The first-order chi connectivity index (χ1) is 8.97. The van der Waals surface area contributed by atoms with Crippen LogP contribution >= 0.6 is 11.6 Å². The van der Waals surface area contributed by atoms with Crippen molar-refractivity contribution in [3.05, 3.63) is 41.2 Å². The Kier molecular flexibility index (Phi) is 3.39. The molecule has 2 rings (SSSR count). The molecule has 1 heterocycles. The number of carbonyl (C=O) groups excluding carboxylic acids is 2. The van der Waals surface area contributed by atoms with E-state index >= 15 is 0 Å². The molecule has 0 aliphatic carbocycles. The highest BCUT2D eigenvalue weighted by Crippen LogP contribution is 2.18. The number of carbonyl (C=O) groups is 2. The number of halogens is 1. The Labute approximate surface area is 113 Å². The summed E-state index contributed by atoms with van der Waals surface area (Å²) in [5, 5.41) is 6.85. The van der Waals surface area contributed by atoms with Crippen LogP contribution < -0.4 is 16.8 Å². The summed E-state index contributed by atoms with van der Waals surface area (Å²) in [7, 11) is 0. The van der Waals surface area contributed by atoms with Crippen molar-refractivity contribution in [2.45, 2.75) is 0 Å². The quantitative estimate of drug-likeness (QED) is 0.781. The fraction of sp³-hybridized carbons (Fsp3) is 0. The van der Waals surface area contributed by atoms with Gasteiger partial charge in [-0.05, 0) is 24.3 Å². The highest BCUT2D eigenvalue weighted by molar-refractivity contribution is 6.30. The fourth-order valence-corrected chi connectivity index (χ4v) is 1.63. The second-order valence-electron chi connectivity index (χ2n) is 3.67. The van der Waals surface area contributed by atoms with Gasteiger partial charge >= 0.3 is 6.03 Å². The van der Waals surface area contributed by atoms with Crippen molar-refractivity contribution >= 4 is 29.2 Å². The zero-order chi connectivity index (χ0) is 14.0. The number of anilines is 1. The maximum absolute atomic E-state index is 11.2. The van der Waals surface area contributed by atoms with Crippen LogP contribution in [0.15, 0.2) is 30.5 Å². The smallest absolute Gasteiger partial charge is 0.316 e. The van der Waals surface area contributed by atoms with Crippen LogP contribution in [0.3, 0.4) is 0 Å². The number of benzene rings is 1. The van der Waals surface area contributed by atoms with Gasteiger partial charge in [0.15, 0.2) is 5.69 Å². The van der Waals surface area contributed by atoms with Crippen LogP contribution in [0.4, 0.5) is 10.5 Å². The van der Waals surface area contributed by atoms with Gasteiger partial charge in [-0.2, -0.15) is 5.10 Å². The molecule has 0 aliphatic rings. The minimum absolute atomic E-state index is 0.0752. The molecule has 1 aromatic heterocycles. The van der Waals surface area contributed by atoms with E-state index in [-0.39, 0.29) is 11.4 Å². The van der Waals surface area contributed by atoms with E-state index in [1.54, 1.807) is 24.3 Å². The van der Waals surface area contributed by atoms with Crippen molar-refractivity contribution in [1.82, 2.24) is 9.78 Å². The summed E-state index contributed by atoms with van der Waals surface area (Å²) in [6, 6.07) is 5.94. The highest BCUT2D eigenvalue weighted by Gasteiger charge is 2.15. The largest absolute Gasteiger partial charge is 0.364 e. The number of urea groups is 1. The first-order valence-corrected chi connectivity index (χ1v) is 5.57. The number of hydrogen-bond donors (Lipinski definition) is 3. The van der Waals surface area contributed by atoms with E-state index in [9.17, 15) is 9.59 Å². The molecule has 5 N–H and O–H groups in total. The molecular formula is C11H10ClN5O2. The molecule has 98 valence electrons. The van der Waals surface area contributed by atoms with Gasteiger partial charge in [-0.1, -0.05) is 11.6 Å². The maximum atomic E-state index is 11.2.